The van der Waals surface area contributed by atoms with Crippen molar-refractivity contribution in [3.8, 4) is 0 Å². The SMILES string of the molecule is C=C(Br)C(C)C(=O)NCc1ccccc1. The summed E-state index contributed by atoms with van der Waals surface area (Å²) in [5, 5.41) is 2.85. The van der Waals surface area contributed by atoms with Gasteiger partial charge in [0.05, 0.1) is 5.92 Å². The van der Waals surface area contributed by atoms with E-state index in [-0.39, 0.29) is 11.8 Å². The number of halogens is 1. The van der Waals surface area contributed by atoms with E-state index in [2.05, 4.69) is 27.8 Å². The van der Waals surface area contributed by atoms with Gasteiger partial charge in [-0.15, -0.1) is 0 Å². The van der Waals surface area contributed by atoms with Crippen LogP contribution in [0.5, 0.6) is 0 Å². The molecule has 0 aliphatic rings. The molecule has 0 saturated carbocycles. The standard InChI is InChI=1S/C12H14BrNO/c1-9(10(2)13)12(15)14-8-11-6-4-3-5-7-11/h3-7,9H,2,8H2,1H3,(H,14,15). The third-order valence-electron chi connectivity index (χ3n) is 2.17. The summed E-state index contributed by atoms with van der Waals surface area (Å²) in [6.45, 7) is 6.06. The summed E-state index contributed by atoms with van der Waals surface area (Å²) in [4.78, 5) is 11.6. The van der Waals surface area contributed by atoms with E-state index in [1.807, 2.05) is 37.3 Å². The van der Waals surface area contributed by atoms with E-state index in [9.17, 15) is 4.79 Å². The number of amides is 1. The summed E-state index contributed by atoms with van der Waals surface area (Å²) in [5.41, 5.74) is 1.10. The molecule has 1 rings (SSSR count). The van der Waals surface area contributed by atoms with E-state index in [4.69, 9.17) is 0 Å². The lowest BCUT2D eigenvalue weighted by Crippen LogP contribution is -2.28. The minimum absolute atomic E-state index is 0.0132. The van der Waals surface area contributed by atoms with Crippen molar-refractivity contribution < 1.29 is 4.79 Å². The zero-order valence-corrected chi connectivity index (χ0v) is 10.3. The van der Waals surface area contributed by atoms with Crippen LogP contribution >= 0.6 is 15.9 Å². The zero-order chi connectivity index (χ0) is 11.3. The minimum atomic E-state index is -0.200. The van der Waals surface area contributed by atoms with Crippen LogP contribution in [-0.2, 0) is 11.3 Å². The quantitative estimate of drug-likeness (QED) is 0.893. The summed E-state index contributed by atoms with van der Waals surface area (Å²) in [5.74, 6) is -0.213. The summed E-state index contributed by atoms with van der Waals surface area (Å²) in [6, 6.07) is 9.82. The smallest absolute Gasteiger partial charge is 0.228 e. The molecule has 0 aliphatic heterocycles. The number of nitrogens with one attached hydrogen (secondary N) is 1. The first-order chi connectivity index (χ1) is 7.11. The van der Waals surface area contributed by atoms with Crippen LogP contribution in [0.25, 0.3) is 0 Å². The number of rotatable bonds is 4. The first kappa shape index (κ1) is 12.0. The molecule has 3 heteroatoms. The molecule has 0 fully saturated rings. The maximum atomic E-state index is 11.6. The van der Waals surface area contributed by atoms with Crippen LogP contribution < -0.4 is 5.32 Å². The van der Waals surface area contributed by atoms with Gasteiger partial charge in [-0.2, -0.15) is 0 Å². The molecule has 1 unspecified atom stereocenters. The van der Waals surface area contributed by atoms with Gasteiger partial charge in [-0.3, -0.25) is 4.79 Å². The highest BCUT2D eigenvalue weighted by Crippen LogP contribution is 2.14. The second-order valence-electron chi connectivity index (χ2n) is 3.37. The predicted octanol–water partition coefficient (Wildman–Crippen LogP) is 2.85. The van der Waals surface area contributed by atoms with Gasteiger partial charge in [0.15, 0.2) is 0 Å². The molecule has 0 bridgehead atoms. The Bertz CT molecular complexity index is 348. The number of hydrogen-bond acceptors (Lipinski definition) is 1. The Morgan fingerprint density at radius 1 is 1.47 bits per heavy atom. The van der Waals surface area contributed by atoms with E-state index in [1.54, 1.807) is 0 Å². The Morgan fingerprint density at radius 3 is 2.60 bits per heavy atom. The molecule has 15 heavy (non-hydrogen) atoms. The van der Waals surface area contributed by atoms with Crippen LogP contribution in [0.1, 0.15) is 12.5 Å². The van der Waals surface area contributed by atoms with Crippen LogP contribution in [0, 0.1) is 5.92 Å². The Labute approximate surface area is 98.5 Å². The zero-order valence-electron chi connectivity index (χ0n) is 8.66. The Hall–Kier alpha value is -1.09. The van der Waals surface area contributed by atoms with Gasteiger partial charge in [0.25, 0.3) is 0 Å². The van der Waals surface area contributed by atoms with Crippen molar-refractivity contribution in [1.82, 2.24) is 5.32 Å². The van der Waals surface area contributed by atoms with Gasteiger partial charge in [-0.25, -0.2) is 0 Å². The molecule has 1 aromatic carbocycles. The Kier molecular flexibility index (Phi) is 4.56. The van der Waals surface area contributed by atoms with Gasteiger partial charge in [-0.05, 0) is 12.5 Å². The molecule has 1 N–H and O–H groups in total. The van der Waals surface area contributed by atoms with Crippen LogP contribution in [0.2, 0.25) is 0 Å². The second-order valence-corrected chi connectivity index (χ2v) is 4.39. The number of benzene rings is 1. The first-order valence-electron chi connectivity index (χ1n) is 4.77. The monoisotopic (exact) mass is 267 g/mol. The number of carbonyl (C=O) groups is 1. The maximum Gasteiger partial charge on any atom is 0.228 e. The van der Waals surface area contributed by atoms with Crippen molar-refractivity contribution >= 4 is 21.8 Å². The summed E-state index contributed by atoms with van der Waals surface area (Å²) in [6.07, 6.45) is 0. The van der Waals surface area contributed by atoms with E-state index in [0.717, 1.165) is 5.56 Å². The molecule has 2 nitrogen and oxygen atoms in total. The average Bonchev–Trinajstić information content (AvgIpc) is 2.26. The van der Waals surface area contributed by atoms with Crippen LogP contribution in [0.3, 0.4) is 0 Å². The topological polar surface area (TPSA) is 29.1 Å². The van der Waals surface area contributed by atoms with Crippen molar-refractivity contribution in [1.29, 1.82) is 0 Å². The average molecular weight is 268 g/mol. The van der Waals surface area contributed by atoms with E-state index in [0.29, 0.717) is 11.0 Å². The summed E-state index contributed by atoms with van der Waals surface area (Å²) < 4.78 is 0.702. The van der Waals surface area contributed by atoms with E-state index < -0.39 is 0 Å². The third-order valence-corrected chi connectivity index (χ3v) is 2.86. The van der Waals surface area contributed by atoms with Crippen molar-refractivity contribution in [2.75, 3.05) is 0 Å². The molecule has 0 radical (unpaired) electrons. The maximum absolute atomic E-state index is 11.6. The fraction of sp³-hybridized carbons (Fsp3) is 0.250. The molecule has 0 aromatic heterocycles. The van der Waals surface area contributed by atoms with Gasteiger partial charge < -0.3 is 5.32 Å². The van der Waals surface area contributed by atoms with Gasteiger partial charge in [0.1, 0.15) is 0 Å². The molecular formula is C12H14BrNO. The second kappa shape index (κ2) is 5.71. The van der Waals surface area contributed by atoms with Crippen LogP contribution in [-0.4, -0.2) is 5.91 Å². The Balaban J connectivity index is 2.44. The Morgan fingerprint density at radius 2 is 2.07 bits per heavy atom. The molecule has 0 heterocycles. The van der Waals surface area contributed by atoms with Crippen molar-refractivity contribution in [3.63, 3.8) is 0 Å². The predicted molar refractivity (Wildman–Crippen MR) is 65.5 cm³/mol. The molecule has 80 valence electrons. The van der Waals surface area contributed by atoms with Gasteiger partial charge in [-0.1, -0.05) is 52.8 Å². The molecule has 1 amide bonds. The van der Waals surface area contributed by atoms with E-state index >= 15 is 0 Å². The first-order valence-corrected chi connectivity index (χ1v) is 5.56. The summed E-state index contributed by atoms with van der Waals surface area (Å²) >= 11 is 3.21. The van der Waals surface area contributed by atoms with Gasteiger partial charge in [0.2, 0.25) is 5.91 Å². The summed E-state index contributed by atoms with van der Waals surface area (Å²) in [7, 11) is 0. The highest BCUT2D eigenvalue weighted by Gasteiger charge is 2.13. The van der Waals surface area contributed by atoms with Crippen LogP contribution in [0.4, 0.5) is 0 Å². The van der Waals surface area contributed by atoms with Crippen molar-refractivity contribution in [3.05, 3.63) is 47.0 Å². The molecule has 1 atom stereocenters. The van der Waals surface area contributed by atoms with Crippen molar-refractivity contribution in [2.24, 2.45) is 5.92 Å². The molecule has 0 spiro atoms. The minimum Gasteiger partial charge on any atom is -0.351 e. The molecule has 1 aromatic rings. The highest BCUT2D eigenvalue weighted by molar-refractivity contribution is 9.11. The van der Waals surface area contributed by atoms with Gasteiger partial charge in [0, 0.05) is 11.0 Å². The van der Waals surface area contributed by atoms with Crippen molar-refractivity contribution in [2.45, 2.75) is 13.5 Å². The molecule has 0 saturated heterocycles. The van der Waals surface area contributed by atoms with E-state index in [1.165, 1.54) is 0 Å². The molecule has 0 aliphatic carbocycles. The largest absolute Gasteiger partial charge is 0.351 e. The third kappa shape index (κ3) is 3.88. The van der Waals surface area contributed by atoms with Gasteiger partial charge >= 0.3 is 0 Å². The highest BCUT2D eigenvalue weighted by atomic mass is 79.9. The fourth-order valence-corrected chi connectivity index (χ4v) is 1.29. The van der Waals surface area contributed by atoms with Crippen LogP contribution in [0.15, 0.2) is 41.4 Å². The lowest BCUT2D eigenvalue weighted by Gasteiger charge is -2.10. The fourth-order valence-electron chi connectivity index (χ4n) is 1.08. The normalized spacial score (nSPS) is 11.9. The number of carbonyl (C=O) groups excluding carboxylic acids is 1. The lowest BCUT2D eigenvalue weighted by molar-refractivity contribution is -0.123. The number of hydrogen-bond donors (Lipinski definition) is 1. The lowest BCUT2D eigenvalue weighted by atomic mass is 10.1. The molecular weight excluding hydrogens is 254 g/mol.